The van der Waals surface area contributed by atoms with Crippen molar-refractivity contribution in [2.45, 2.75) is 6.54 Å². The number of nitrogens with one attached hydrogen (secondary N) is 2. The van der Waals surface area contributed by atoms with E-state index in [1.165, 1.54) is 12.1 Å². The van der Waals surface area contributed by atoms with Gasteiger partial charge in [-0.3, -0.25) is 5.10 Å². The molecule has 0 atom stereocenters. The molecule has 0 aliphatic carbocycles. The molecule has 4 rings (SSSR count). The largest absolute Gasteiger partial charge is 0.364 e. The van der Waals surface area contributed by atoms with E-state index in [2.05, 4.69) is 15.5 Å². The van der Waals surface area contributed by atoms with Crippen molar-refractivity contribution in [3.63, 3.8) is 0 Å². The molecule has 3 nitrogen and oxygen atoms in total. The number of anilines is 1. The molecular formula is C20H13Cl2F2N3. The summed E-state index contributed by atoms with van der Waals surface area (Å²) in [5.41, 5.74) is 2.27. The van der Waals surface area contributed by atoms with E-state index in [0.29, 0.717) is 28.9 Å². The number of H-pyrrole nitrogens is 1. The lowest BCUT2D eigenvalue weighted by Crippen LogP contribution is -2.00. The summed E-state index contributed by atoms with van der Waals surface area (Å²) in [4.78, 5) is 0. The molecule has 1 heterocycles. The van der Waals surface area contributed by atoms with Crippen molar-refractivity contribution in [2.24, 2.45) is 0 Å². The van der Waals surface area contributed by atoms with Gasteiger partial charge in [0.05, 0.1) is 10.0 Å². The molecule has 1 aromatic heterocycles. The van der Waals surface area contributed by atoms with Crippen LogP contribution in [0.4, 0.5) is 14.6 Å². The van der Waals surface area contributed by atoms with Gasteiger partial charge in [0.1, 0.15) is 11.3 Å². The van der Waals surface area contributed by atoms with Gasteiger partial charge in [-0.15, -0.1) is 0 Å². The predicted octanol–water partition coefficient (Wildman–Crippen LogP) is 6.43. The van der Waals surface area contributed by atoms with E-state index in [1.807, 2.05) is 30.3 Å². The number of nitrogens with zero attached hydrogens (tertiary/aromatic N) is 1. The zero-order valence-corrected chi connectivity index (χ0v) is 15.4. The lowest BCUT2D eigenvalue weighted by atomic mass is 10.0. The van der Waals surface area contributed by atoms with Gasteiger partial charge in [0, 0.05) is 17.5 Å². The van der Waals surface area contributed by atoms with E-state index in [1.54, 1.807) is 12.1 Å². The Morgan fingerprint density at radius 2 is 1.78 bits per heavy atom. The quantitative estimate of drug-likeness (QED) is 0.412. The molecule has 0 spiro atoms. The highest BCUT2D eigenvalue weighted by atomic mass is 35.5. The molecule has 0 aliphatic rings. The third-order valence-corrected chi connectivity index (χ3v) is 4.95. The van der Waals surface area contributed by atoms with E-state index in [4.69, 9.17) is 23.2 Å². The molecule has 3 aromatic carbocycles. The lowest BCUT2D eigenvalue weighted by Gasteiger charge is -2.08. The maximum absolute atomic E-state index is 14.7. The summed E-state index contributed by atoms with van der Waals surface area (Å²) in [6.07, 6.45) is 0. The second-order valence-corrected chi connectivity index (χ2v) is 6.80. The minimum Gasteiger partial charge on any atom is -0.364 e. The van der Waals surface area contributed by atoms with Crippen molar-refractivity contribution in [1.29, 1.82) is 0 Å². The number of aromatic nitrogens is 2. The van der Waals surface area contributed by atoms with Crippen LogP contribution in [0.15, 0.2) is 54.6 Å². The predicted molar refractivity (Wildman–Crippen MR) is 105 cm³/mol. The van der Waals surface area contributed by atoms with E-state index in [9.17, 15) is 8.78 Å². The second-order valence-electron chi connectivity index (χ2n) is 6.01. The molecule has 7 heteroatoms. The topological polar surface area (TPSA) is 40.7 Å². The third-order valence-electron chi connectivity index (χ3n) is 4.27. The minimum absolute atomic E-state index is 0.0312. The van der Waals surface area contributed by atoms with Crippen molar-refractivity contribution < 1.29 is 8.78 Å². The summed E-state index contributed by atoms with van der Waals surface area (Å²) in [5.74, 6) is -0.605. The van der Waals surface area contributed by atoms with Gasteiger partial charge in [0.15, 0.2) is 11.6 Å². The van der Waals surface area contributed by atoms with Gasteiger partial charge < -0.3 is 5.32 Å². The van der Waals surface area contributed by atoms with Gasteiger partial charge in [0.25, 0.3) is 0 Å². The Morgan fingerprint density at radius 3 is 2.52 bits per heavy atom. The zero-order chi connectivity index (χ0) is 19.0. The van der Waals surface area contributed by atoms with Gasteiger partial charge >= 0.3 is 0 Å². The highest BCUT2D eigenvalue weighted by molar-refractivity contribution is 6.34. The van der Waals surface area contributed by atoms with Crippen LogP contribution in [-0.4, -0.2) is 10.2 Å². The fraction of sp³-hybridized carbons (Fsp3) is 0.0500. The zero-order valence-electron chi connectivity index (χ0n) is 13.9. The van der Waals surface area contributed by atoms with Crippen LogP contribution in [0.2, 0.25) is 10.0 Å². The Kier molecular flexibility index (Phi) is 4.72. The number of benzene rings is 3. The molecule has 0 bridgehead atoms. The summed E-state index contributed by atoms with van der Waals surface area (Å²) in [7, 11) is 0. The smallest absolute Gasteiger partial charge is 0.168 e. The number of hydrogen-bond acceptors (Lipinski definition) is 2. The van der Waals surface area contributed by atoms with Gasteiger partial charge in [-0.25, -0.2) is 8.78 Å². The molecule has 0 aliphatic heterocycles. The Morgan fingerprint density at radius 1 is 1.00 bits per heavy atom. The Hall–Kier alpha value is -2.63. The maximum Gasteiger partial charge on any atom is 0.168 e. The molecule has 136 valence electrons. The normalized spacial score (nSPS) is 11.1. The highest BCUT2D eigenvalue weighted by Gasteiger charge is 2.17. The Labute approximate surface area is 163 Å². The summed E-state index contributed by atoms with van der Waals surface area (Å²) >= 11 is 11.9. The van der Waals surface area contributed by atoms with Crippen molar-refractivity contribution in [2.75, 3.05) is 5.32 Å². The molecule has 4 aromatic rings. The summed E-state index contributed by atoms with van der Waals surface area (Å²) in [6.45, 7) is 0.305. The van der Waals surface area contributed by atoms with Gasteiger partial charge in [0.2, 0.25) is 0 Å². The van der Waals surface area contributed by atoms with Crippen molar-refractivity contribution in [3.8, 4) is 11.1 Å². The number of rotatable bonds is 4. The van der Waals surface area contributed by atoms with Crippen LogP contribution in [0.3, 0.4) is 0 Å². The summed E-state index contributed by atoms with van der Waals surface area (Å²) in [6, 6.07) is 15.6. The number of aromatic amines is 1. The van der Waals surface area contributed by atoms with E-state index in [-0.39, 0.29) is 15.6 Å². The van der Waals surface area contributed by atoms with Crippen LogP contribution in [0.1, 0.15) is 5.56 Å². The third kappa shape index (κ3) is 3.36. The van der Waals surface area contributed by atoms with Crippen LogP contribution in [-0.2, 0) is 6.54 Å². The summed E-state index contributed by atoms with van der Waals surface area (Å²) < 4.78 is 28.3. The summed E-state index contributed by atoms with van der Waals surface area (Å²) in [5, 5.41) is 10.5. The van der Waals surface area contributed by atoms with E-state index < -0.39 is 11.6 Å². The fourth-order valence-corrected chi connectivity index (χ4v) is 3.27. The fourth-order valence-electron chi connectivity index (χ4n) is 2.89. The molecule has 0 unspecified atom stereocenters. The standard InChI is InChI=1S/C20H13Cl2F2N3/c21-15-7-6-11(8-16(15)23)10-25-20-14-9-13(12-4-2-1-3-5-12)17(22)18(24)19(14)26-27-20/h1-9H,10H2,(H2,25,26,27). The minimum atomic E-state index is -0.564. The molecule has 0 saturated heterocycles. The van der Waals surface area contributed by atoms with E-state index in [0.717, 1.165) is 5.56 Å². The molecule has 0 saturated carbocycles. The number of fused-ring (bicyclic) bond motifs is 1. The maximum atomic E-state index is 14.7. The molecule has 0 amide bonds. The molecule has 0 radical (unpaired) electrons. The number of halogens is 4. The first-order chi connectivity index (χ1) is 13.0. The van der Waals surface area contributed by atoms with Gasteiger partial charge in [-0.2, -0.15) is 5.10 Å². The van der Waals surface area contributed by atoms with E-state index >= 15 is 0 Å². The van der Waals surface area contributed by atoms with Crippen molar-refractivity contribution >= 4 is 39.9 Å². The Bertz CT molecular complexity index is 1130. The van der Waals surface area contributed by atoms with Crippen LogP contribution < -0.4 is 5.32 Å². The monoisotopic (exact) mass is 403 g/mol. The second kappa shape index (κ2) is 7.18. The molecule has 2 N–H and O–H groups in total. The van der Waals surface area contributed by atoms with Crippen LogP contribution >= 0.6 is 23.2 Å². The molecule has 0 fully saturated rings. The first-order valence-corrected chi connectivity index (χ1v) is 8.89. The van der Waals surface area contributed by atoms with Gasteiger partial charge in [-0.05, 0) is 29.3 Å². The molecular weight excluding hydrogens is 391 g/mol. The SMILES string of the molecule is Fc1cc(CNc2n[nH]c3c(F)c(Cl)c(-c4ccccc4)cc23)ccc1Cl. The van der Waals surface area contributed by atoms with Crippen LogP contribution in [0.5, 0.6) is 0 Å². The average Bonchev–Trinajstić information content (AvgIpc) is 3.09. The van der Waals surface area contributed by atoms with Crippen molar-refractivity contribution in [3.05, 3.63) is 81.8 Å². The first-order valence-electron chi connectivity index (χ1n) is 8.14. The van der Waals surface area contributed by atoms with Crippen LogP contribution in [0.25, 0.3) is 22.0 Å². The number of hydrogen-bond donors (Lipinski definition) is 2. The van der Waals surface area contributed by atoms with Crippen molar-refractivity contribution in [1.82, 2.24) is 10.2 Å². The first kappa shape index (κ1) is 17.8. The lowest BCUT2D eigenvalue weighted by molar-refractivity contribution is 0.626. The highest BCUT2D eigenvalue weighted by Crippen LogP contribution is 2.36. The van der Waals surface area contributed by atoms with Gasteiger partial charge in [-0.1, -0.05) is 59.6 Å². The van der Waals surface area contributed by atoms with Crippen LogP contribution in [0, 0.1) is 11.6 Å². The average molecular weight is 404 g/mol. The Balaban J connectivity index is 1.71. The molecule has 27 heavy (non-hydrogen) atoms.